The Hall–Kier alpha value is -1.30. The first-order valence-corrected chi connectivity index (χ1v) is 5.68. The number of hydrogen-bond donors (Lipinski definition) is 2. The van der Waals surface area contributed by atoms with Crippen molar-refractivity contribution >= 4 is 12.0 Å². The molecule has 2 N–H and O–H groups in total. The van der Waals surface area contributed by atoms with Crippen LogP contribution in [0.2, 0.25) is 0 Å². The van der Waals surface area contributed by atoms with Gasteiger partial charge in [0.05, 0.1) is 12.2 Å². The lowest BCUT2D eigenvalue weighted by Crippen LogP contribution is -2.58. The van der Waals surface area contributed by atoms with Crippen LogP contribution in [0.5, 0.6) is 0 Å². The Kier molecular flexibility index (Phi) is 3.98. The number of aliphatic carboxylic acids is 1. The van der Waals surface area contributed by atoms with Crippen LogP contribution in [0, 0.1) is 0 Å². The summed E-state index contributed by atoms with van der Waals surface area (Å²) in [4.78, 5) is 24.4. The van der Waals surface area contributed by atoms with E-state index in [4.69, 9.17) is 9.84 Å². The first kappa shape index (κ1) is 13.8. The maximum Gasteiger partial charge on any atom is 0.328 e. The number of rotatable bonds is 2. The smallest absolute Gasteiger partial charge is 0.328 e. The van der Waals surface area contributed by atoms with Gasteiger partial charge in [0.25, 0.3) is 0 Å². The third kappa shape index (κ3) is 3.59. The minimum atomic E-state index is -1.26. The Morgan fingerprint density at radius 1 is 1.29 bits per heavy atom. The maximum absolute atomic E-state index is 11.9. The van der Waals surface area contributed by atoms with E-state index in [0.29, 0.717) is 13.1 Å². The van der Waals surface area contributed by atoms with Crippen molar-refractivity contribution in [3.05, 3.63) is 0 Å². The van der Waals surface area contributed by atoms with Crippen LogP contribution < -0.4 is 5.32 Å². The van der Waals surface area contributed by atoms with Crippen LogP contribution in [0.4, 0.5) is 4.79 Å². The van der Waals surface area contributed by atoms with Gasteiger partial charge in [-0.15, -0.1) is 0 Å². The van der Waals surface area contributed by atoms with Gasteiger partial charge in [-0.2, -0.15) is 0 Å². The highest BCUT2D eigenvalue weighted by atomic mass is 16.5. The van der Waals surface area contributed by atoms with Crippen LogP contribution in [0.25, 0.3) is 0 Å². The van der Waals surface area contributed by atoms with Crippen LogP contribution in [-0.2, 0) is 9.53 Å². The number of morpholine rings is 1. The second-order valence-electron chi connectivity index (χ2n) is 5.02. The summed E-state index contributed by atoms with van der Waals surface area (Å²) >= 11 is 0. The van der Waals surface area contributed by atoms with Gasteiger partial charge >= 0.3 is 12.0 Å². The zero-order valence-corrected chi connectivity index (χ0v) is 10.7. The summed E-state index contributed by atoms with van der Waals surface area (Å²) in [5, 5.41) is 11.4. The highest BCUT2D eigenvalue weighted by molar-refractivity contribution is 5.85. The molecule has 0 saturated carbocycles. The highest BCUT2D eigenvalue weighted by Crippen LogP contribution is 2.12. The first-order chi connectivity index (χ1) is 7.72. The average molecular weight is 244 g/mol. The summed E-state index contributed by atoms with van der Waals surface area (Å²) < 4.78 is 5.51. The number of nitrogens with one attached hydrogen (secondary N) is 1. The Labute approximate surface area is 101 Å². The molecule has 1 heterocycles. The van der Waals surface area contributed by atoms with E-state index < -0.39 is 11.5 Å². The fourth-order valence-electron chi connectivity index (χ4n) is 1.74. The van der Waals surface area contributed by atoms with Crippen molar-refractivity contribution in [1.82, 2.24) is 10.2 Å². The van der Waals surface area contributed by atoms with E-state index in [2.05, 4.69) is 5.32 Å². The molecule has 1 saturated heterocycles. The molecule has 6 nitrogen and oxygen atoms in total. The van der Waals surface area contributed by atoms with Crippen molar-refractivity contribution in [2.45, 2.75) is 45.4 Å². The third-order valence-electron chi connectivity index (χ3n) is 2.66. The molecule has 0 aromatic carbocycles. The molecular formula is C11H20N2O4. The Morgan fingerprint density at radius 2 is 1.76 bits per heavy atom. The van der Waals surface area contributed by atoms with E-state index in [-0.39, 0.29) is 18.2 Å². The van der Waals surface area contributed by atoms with Crippen molar-refractivity contribution in [1.29, 1.82) is 0 Å². The van der Waals surface area contributed by atoms with Gasteiger partial charge in [-0.3, -0.25) is 0 Å². The summed E-state index contributed by atoms with van der Waals surface area (Å²) in [7, 11) is 0. The summed E-state index contributed by atoms with van der Waals surface area (Å²) in [6, 6.07) is -0.362. The lowest BCUT2D eigenvalue weighted by atomic mass is 10.1. The molecule has 1 aliphatic rings. The molecule has 0 aromatic heterocycles. The molecule has 1 rings (SSSR count). The number of amides is 2. The molecule has 1 fully saturated rings. The van der Waals surface area contributed by atoms with Gasteiger partial charge in [-0.25, -0.2) is 9.59 Å². The molecule has 1 aliphatic heterocycles. The zero-order valence-electron chi connectivity index (χ0n) is 10.7. The van der Waals surface area contributed by atoms with E-state index in [1.807, 2.05) is 13.8 Å². The fourth-order valence-corrected chi connectivity index (χ4v) is 1.74. The minimum absolute atomic E-state index is 0.0301. The van der Waals surface area contributed by atoms with Crippen molar-refractivity contribution in [2.24, 2.45) is 0 Å². The maximum atomic E-state index is 11.9. The number of carboxylic acid groups (broad SMARTS) is 1. The second-order valence-corrected chi connectivity index (χ2v) is 5.02. The summed E-state index contributed by atoms with van der Waals surface area (Å²) in [5.41, 5.74) is -1.26. The zero-order chi connectivity index (χ0) is 13.2. The normalized spacial score (nSPS) is 25.5. The molecule has 2 unspecified atom stereocenters. The van der Waals surface area contributed by atoms with Crippen LogP contribution in [0.3, 0.4) is 0 Å². The standard InChI is InChI=1S/C11H20N2O4/c1-7-5-13(6-8(2)17-7)10(16)12-11(3,4)9(14)15/h7-8H,5-6H2,1-4H3,(H,12,16)(H,14,15). The lowest BCUT2D eigenvalue weighted by molar-refractivity contribution is -0.143. The number of ether oxygens (including phenoxy) is 1. The van der Waals surface area contributed by atoms with Crippen molar-refractivity contribution < 1.29 is 19.4 Å². The molecular weight excluding hydrogens is 224 g/mol. The molecule has 6 heteroatoms. The predicted molar refractivity (Wildman–Crippen MR) is 61.8 cm³/mol. The van der Waals surface area contributed by atoms with E-state index in [1.54, 1.807) is 4.90 Å². The molecule has 0 spiro atoms. The highest BCUT2D eigenvalue weighted by Gasteiger charge is 2.33. The van der Waals surface area contributed by atoms with E-state index in [0.717, 1.165) is 0 Å². The van der Waals surface area contributed by atoms with Crippen molar-refractivity contribution in [3.63, 3.8) is 0 Å². The summed E-state index contributed by atoms with van der Waals surface area (Å²) in [6.45, 7) is 7.65. The fraction of sp³-hybridized carbons (Fsp3) is 0.818. The number of nitrogens with zero attached hydrogens (tertiary/aromatic N) is 1. The second kappa shape index (κ2) is 4.91. The Balaban J connectivity index is 2.61. The monoisotopic (exact) mass is 244 g/mol. The number of carboxylic acids is 1. The van der Waals surface area contributed by atoms with Gasteiger partial charge in [0.2, 0.25) is 0 Å². The summed E-state index contributed by atoms with van der Waals surface area (Å²) in [5.74, 6) is -1.06. The van der Waals surface area contributed by atoms with Gasteiger partial charge < -0.3 is 20.1 Å². The number of urea groups is 1. The minimum Gasteiger partial charge on any atom is -0.480 e. The van der Waals surface area contributed by atoms with Gasteiger partial charge in [0.1, 0.15) is 5.54 Å². The van der Waals surface area contributed by atoms with Crippen LogP contribution in [0.1, 0.15) is 27.7 Å². The molecule has 2 atom stereocenters. The SMILES string of the molecule is CC1CN(C(=O)NC(C)(C)C(=O)O)CC(C)O1. The summed E-state index contributed by atoms with van der Waals surface area (Å²) in [6.07, 6.45) is -0.0603. The molecule has 17 heavy (non-hydrogen) atoms. The van der Waals surface area contributed by atoms with Crippen molar-refractivity contribution in [2.75, 3.05) is 13.1 Å². The number of carbonyl (C=O) groups is 2. The topological polar surface area (TPSA) is 78.9 Å². The van der Waals surface area contributed by atoms with Gasteiger partial charge in [-0.05, 0) is 27.7 Å². The van der Waals surface area contributed by atoms with E-state index in [9.17, 15) is 9.59 Å². The average Bonchev–Trinajstić information content (AvgIpc) is 2.15. The van der Waals surface area contributed by atoms with E-state index in [1.165, 1.54) is 13.8 Å². The number of carbonyl (C=O) groups excluding carboxylic acids is 1. The van der Waals surface area contributed by atoms with Gasteiger partial charge in [0, 0.05) is 13.1 Å². The van der Waals surface area contributed by atoms with Crippen molar-refractivity contribution in [3.8, 4) is 0 Å². The Bertz CT molecular complexity index is 307. The molecule has 0 aromatic rings. The molecule has 0 bridgehead atoms. The van der Waals surface area contributed by atoms with Crippen LogP contribution >= 0.6 is 0 Å². The lowest BCUT2D eigenvalue weighted by Gasteiger charge is -2.36. The van der Waals surface area contributed by atoms with E-state index >= 15 is 0 Å². The molecule has 0 aliphatic carbocycles. The number of hydrogen-bond acceptors (Lipinski definition) is 3. The van der Waals surface area contributed by atoms with Gasteiger partial charge in [-0.1, -0.05) is 0 Å². The first-order valence-electron chi connectivity index (χ1n) is 5.68. The molecule has 0 radical (unpaired) electrons. The molecule has 2 amide bonds. The third-order valence-corrected chi connectivity index (χ3v) is 2.66. The van der Waals surface area contributed by atoms with Gasteiger partial charge in [0.15, 0.2) is 0 Å². The quantitative estimate of drug-likeness (QED) is 0.748. The molecule has 98 valence electrons. The predicted octanol–water partition coefficient (Wildman–Crippen LogP) is 0.668. The largest absolute Gasteiger partial charge is 0.480 e. The Morgan fingerprint density at radius 3 is 2.18 bits per heavy atom. The van der Waals surface area contributed by atoms with Crippen LogP contribution in [0.15, 0.2) is 0 Å². The van der Waals surface area contributed by atoms with Crippen LogP contribution in [-0.4, -0.2) is 52.8 Å².